The lowest BCUT2D eigenvalue weighted by Crippen LogP contribution is -2.26. The standard InChI is InChI=1S/C23H19FN2O3S2/c1-15-7-12-18(13-19(15)24)26(23-25-20-5-3-4-6-21(20)30-23)22(27)17-10-8-16(9-11-17)14-31(2,28)29/h3-13H,14H2,1-2H3. The van der Waals surface area contributed by atoms with E-state index < -0.39 is 15.7 Å². The third kappa shape index (κ3) is 4.65. The Morgan fingerprint density at radius 3 is 2.42 bits per heavy atom. The highest BCUT2D eigenvalue weighted by Crippen LogP contribution is 2.35. The van der Waals surface area contributed by atoms with Crippen molar-refractivity contribution >= 4 is 48.1 Å². The third-order valence-electron chi connectivity index (χ3n) is 4.72. The monoisotopic (exact) mass is 454 g/mol. The van der Waals surface area contributed by atoms with Gasteiger partial charge in [-0.25, -0.2) is 17.8 Å². The van der Waals surface area contributed by atoms with Crippen LogP contribution in [-0.4, -0.2) is 25.6 Å². The average Bonchev–Trinajstić information content (AvgIpc) is 3.13. The number of para-hydroxylation sites is 1. The average molecular weight is 455 g/mol. The van der Waals surface area contributed by atoms with Crippen LogP contribution in [0.25, 0.3) is 10.2 Å². The Morgan fingerprint density at radius 1 is 1.06 bits per heavy atom. The summed E-state index contributed by atoms with van der Waals surface area (Å²) in [5.41, 5.74) is 2.53. The predicted octanol–water partition coefficient (Wildman–Crippen LogP) is 5.27. The molecule has 0 N–H and O–H groups in total. The van der Waals surface area contributed by atoms with Crippen LogP contribution in [-0.2, 0) is 15.6 Å². The number of benzene rings is 3. The Balaban J connectivity index is 1.78. The maximum absolute atomic E-state index is 14.3. The Bertz CT molecular complexity index is 1350. The Hall–Kier alpha value is -3.10. The molecule has 0 unspecified atom stereocenters. The van der Waals surface area contributed by atoms with Crippen LogP contribution in [0.5, 0.6) is 0 Å². The normalized spacial score (nSPS) is 11.6. The van der Waals surface area contributed by atoms with Gasteiger partial charge in [-0.2, -0.15) is 0 Å². The molecule has 0 aliphatic carbocycles. The van der Waals surface area contributed by atoms with Crippen molar-refractivity contribution in [3.63, 3.8) is 0 Å². The number of aryl methyl sites for hydroxylation is 1. The summed E-state index contributed by atoms with van der Waals surface area (Å²) in [7, 11) is -3.18. The van der Waals surface area contributed by atoms with Crippen LogP contribution in [0.2, 0.25) is 0 Å². The molecule has 0 radical (unpaired) electrons. The second-order valence-electron chi connectivity index (χ2n) is 7.31. The van der Waals surface area contributed by atoms with Crippen LogP contribution in [0.15, 0.2) is 66.7 Å². The number of thiazole rings is 1. The largest absolute Gasteiger partial charge is 0.268 e. The fraction of sp³-hybridized carbons (Fsp3) is 0.130. The number of hydrogen-bond acceptors (Lipinski definition) is 5. The number of halogens is 1. The topological polar surface area (TPSA) is 67.3 Å². The molecule has 3 aromatic carbocycles. The van der Waals surface area contributed by atoms with Crippen molar-refractivity contribution in [1.82, 2.24) is 4.98 Å². The molecular weight excluding hydrogens is 435 g/mol. The fourth-order valence-corrected chi connectivity index (χ4v) is 4.95. The van der Waals surface area contributed by atoms with Crippen molar-refractivity contribution in [2.75, 3.05) is 11.2 Å². The second kappa shape index (κ2) is 8.20. The maximum Gasteiger partial charge on any atom is 0.264 e. The van der Waals surface area contributed by atoms with Crippen molar-refractivity contribution in [1.29, 1.82) is 0 Å². The van der Waals surface area contributed by atoms with Gasteiger partial charge >= 0.3 is 0 Å². The Kier molecular flexibility index (Phi) is 5.60. The minimum absolute atomic E-state index is 0.105. The molecule has 1 amide bonds. The number of rotatable bonds is 5. The lowest BCUT2D eigenvalue weighted by atomic mass is 10.1. The van der Waals surface area contributed by atoms with Gasteiger partial charge in [-0.15, -0.1) is 0 Å². The molecule has 1 aromatic heterocycles. The molecule has 0 aliphatic heterocycles. The quantitative estimate of drug-likeness (QED) is 0.412. The van der Waals surface area contributed by atoms with E-state index in [1.54, 1.807) is 43.3 Å². The summed E-state index contributed by atoms with van der Waals surface area (Å²) in [6, 6.07) is 18.5. The molecule has 4 rings (SSSR count). The molecular formula is C23H19FN2O3S2. The van der Waals surface area contributed by atoms with Gasteiger partial charge in [-0.3, -0.25) is 9.69 Å². The Labute approximate surface area is 183 Å². The lowest BCUT2D eigenvalue weighted by molar-refractivity contribution is 0.0999. The molecule has 5 nitrogen and oxygen atoms in total. The molecule has 0 atom stereocenters. The van der Waals surface area contributed by atoms with E-state index in [-0.39, 0.29) is 11.7 Å². The number of nitrogens with zero attached hydrogens (tertiary/aromatic N) is 2. The molecule has 0 bridgehead atoms. The molecule has 8 heteroatoms. The molecule has 0 spiro atoms. The number of carbonyl (C=O) groups excluding carboxylic acids is 1. The van der Waals surface area contributed by atoms with E-state index in [1.165, 1.54) is 22.3 Å². The van der Waals surface area contributed by atoms with Gasteiger partial charge in [0.05, 0.1) is 21.7 Å². The number of sulfone groups is 1. The van der Waals surface area contributed by atoms with Gasteiger partial charge in [0, 0.05) is 11.8 Å². The highest BCUT2D eigenvalue weighted by atomic mass is 32.2. The molecule has 4 aromatic rings. The van der Waals surface area contributed by atoms with E-state index >= 15 is 0 Å². The first-order chi connectivity index (χ1) is 14.7. The van der Waals surface area contributed by atoms with E-state index in [0.29, 0.717) is 27.5 Å². The number of anilines is 2. The van der Waals surface area contributed by atoms with E-state index in [2.05, 4.69) is 4.98 Å². The second-order valence-corrected chi connectivity index (χ2v) is 10.5. The number of carbonyl (C=O) groups is 1. The van der Waals surface area contributed by atoms with Gasteiger partial charge < -0.3 is 0 Å². The molecule has 0 aliphatic rings. The molecule has 0 fully saturated rings. The van der Waals surface area contributed by atoms with Gasteiger partial charge in [-0.1, -0.05) is 41.7 Å². The first-order valence-electron chi connectivity index (χ1n) is 9.44. The van der Waals surface area contributed by atoms with E-state index in [9.17, 15) is 17.6 Å². The Morgan fingerprint density at radius 2 is 1.77 bits per heavy atom. The van der Waals surface area contributed by atoms with Crippen LogP contribution >= 0.6 is 11.3 Å². The van der Waals surface area contributed by atoms with Gasteiger partial charge in [0.1, 0.15) is 5.82 Å². The van der Waals surface area contributed by atoms with Crippen LogP contribution in [0.3, 0.4) is 0 Å². The summed E-state index contributed by atoms with van der Waals surface area (Å²) in [5, 5.41) is 0.426. The zero-order valence-electron chi connectivity index (χ0n) is 16.9. The number of amides is 1. The van der Waals surface area contributed by atoms with Crippen LogP contribution in [0, 0.1) is 12.7 Å². The minimum Gasteiger partial charge on any atom is -0.268 e. The van der Waals surface area contributed by atoms with Crippen molar-refractivity contribution in [2.45, 2.75) is 12.7 Å². The first kappa shape index (κ1) is 21.1. The summed E-state index contributed by atoms with van der Waals surface area (Å²) in [6.45, 7) is 1.66. The van der Waals surface area contributed by atoms with Crippen molar-refractivity contribution in [3.05, 3.63) is 89.2 Å². The number of fused-ring (bicyclic) bond motifs is 1. The van der Waals surface area contributed by atoms with Crippen LogP contribution in [0.1, 0.15) is 21.5 Å². The summed E-state index contributed by atoms with van der Waals surface area (Å²) in [4.78, 5) is 19.4. The van der Waals surface area contributed by atoms with Crippen LogP contribution in [0.4, 0.5) is 15.2 Å². The highest BCUT2D eigenvalue weighted by molar-refractivity contribution is 7.89. The molecule has 0 saturated heterocycles. The van der Waals surface area contributed by atoms with Crippen LogP contribution < -0.4 is 4.90 Å². The summed E-state index contributed by atoms with van der Waals surface area (Å²) in [6.07, 6.45) is 1.16. The molecule has 1 heterocycles. The SMILES string of the molecule is Cc1ccc(N(C(=O)c2ccc(CS(C)(=O)=O)cc2)c2nc3ccccc3s2)cc1F. The third-order valence-corrected chi connectivity index (χ3v) is 6.60. The smallest absolute Gasteiger partial charge is 0.264 e. The molecule has 0 saturated carbocycles. The lowest BCUT2D eigenvalue weighted by Gasteiger charge is -2.20. The zero-order chi connectivity index (χ0) is 22.2. The first-order valence-corrected chi connectivity index (χ1v) is 12.3. The zero-order valence-corrected chi connectivity index (χ0v) is 18.5. The van der Waals surface area contributed by atoms with Gasteiger partial charge in [0.2, 0.25) is 0 Å². The van der Waals surface area contributed by atoms with Gasteiger partial charge in [0.25, 0.3) is 5.91 Å². The summed E-state index contributed by atoms with van der Waals surface area (Å²) >= 11 is 1.34. The van der Waals surface area contributed by atoms with E-state index in [0.717, 1.165) is 16.5 Å². The molecule has 158 valence electrons. The van der Waals surface area contributed by atoms with E-state index in [1.807, 2.05) is 24.3 Å². The maximum atomic E-state index is 14.3. The predicted molar refractivity (Wildman–Crippen MR) is 122 cm³/mol. The fourth-order valence-electron chi connectivity index (χ4n) is 3.17. The minimum atomic E-state index is -3.18. The summed E-state index contributed by atoms with van der Waals surface area (Å²) < 4.78 is 38.3. The van der Waals surface area contributed by atoms with E-state index in [4.69, 9.17) is 0 Å². The summed E-state index contributed by atoms with van der Waals surface area (Å²) in [5.74, 6) is -0.903. The number of hydrogen-bond donors (Lipinski definition) is 0. The van der Waals surface area contributed by atoms with Crippen molar-refractivity contribution in [3.8, 4) is 0 Å². The van der Waals surface area contributed by atoms with Crippen molar-refractivity contribution in [2.24, 2.45) is 0 Å². The number of aromatic nitrogens is 1. The van der Waals surface area contributed by atoms with Gasteiger partial charge in [-0.05, 0) is 54.4 Å². The molecule has 31 heavy (non-hydrogen) atoms. The van der Waals surface area contributed by atoms with Crippen molar-refractivity contribution < 1.29 is 17.6 Å². The van der Waals surface area contributed by atoms with Gasteiger partial charge in [0.15, 0.2) is 15.0 Å². The highest BCUT2D eigenvalue weighted by Gasteiger charge is 2.24.